The van der Waals surface area contributed by atoms with E-state index in [2.05, 4.69) is 41.4 Å². The summed E-state index contributed by atoms with van der Waals surface area (Å²) in [6.45, 7) is 9.10. The molecule has 1 heterocycles. The third-order valence-electron chi connectivity index (χ3n) is 3.78. The average Bonchev–Trinajstić information content (AvgIpc) is 2.43. The van der Waals surface area contributed by atoms with E-state index in [4.69, 9.17) is 4.74 Å². The van der Waals surface area contributed by atoms with Gasteiger partial charge in [0, 0.05) is 33.2 Å². The second kappa shape index (κ2) is 9.15. The molecule has 1 unspecified atom stereocenters. The van der Waals surface area contributed by atoms with Gasteiger partial charge in [0.1, 0.15) is 0 Å². The molecule has 1 rings (SSSR count). The summed E-state index contributed by atoms with van der Waals surface area (Å²) in [6.07, 6.45) is 2.67. The van der Waals surface area contributed by atoms with Gasteiger partial charge in [-0.1, -0.05) is 26.7 Å². The average molecular weight is 270 g/mol. The Balaban J connectivity index is 2.25. The van der Waals surface area contributed by atoms with Crippen LogP contribution in [0.15, 0.2) is 4.99 Å². The van der Waals surface area contributed by atoms with Gasteiger partial charge in [-0.3, -0.25) is 4.99 Å². The van der Waals surface area contributed by atoms with Gasteiger partial charge in [-0.15, -0.1) is 0 Å². The van der Waals surface area contributed by atoms with Crippen LogP contribution in [0.25, 0.3) is 0 Å². The molecule has 1 aliphatic heterocycles. The molecule has 0 amide bonds. The van der Waals surface area contributed by atoms with E-state index >= 15 is 0 Å². The number of nitrogens with zero attached hydrogens (tertiary/aromatic N) is 2. The normalized spacial score (nSPS) is 21.7. The number of rotatable bonds is 6. The molecule has 5 nitrogen and oxygen atoms in total. The Kier molecular flexibility index (Phi) is 7.82. The van der Waals surface area contributed by atoms with Crippen LogP contribution in [-0.2, 0) is 4.74 Å². The maximum Gasteiger partial charge on any atom is 0.191 e. The van der Waals surface area contributed by atoms with E-state index in [1.165, 1.54) is 12.8 Å². The maximum atomic E-state index is 5.72. The predicted octanol–water partition coefficient (Wildman–Crippen LogP) is 0.918. The van der Waals surface area contributed by atoms with Gasteiger partial charge < -0.3 is 20.3 Å². The number of hydrogen-bond acceptors (Lipinski definition) is 3. The number of guanidine groups is 1. The van der Waals surface area contributed by atoms with Crippen molar-refractivity contribution in [1.82, 2.24) is 15.5 Å². The Hall–Kier alpha value is -0.810. The quantitative estimate of drug-likeness (QED) is 0.556. The third kappa shape index (κ3) is 6.25. The molecule has 112 valence electrons. The van der Waals surface area contributed by atoms with Crippen molar-refractivity contribution in [3.05, 3.63) is 0 Å². The number of morpholine rings is 1. The van der Waals surface area contributed by atoms with Crippen LogP contribution in [-0.4, -0.2) is 63.8 Å². The van der Waals surface area contributed by atoms with Crippen molar-refractivity contribution in [2.45, 2.75) is 32.8 Å². The Labute approximate surface area is 117 Å². The summed E-state index contributed by atoms with van der Waals surface area (Å²) in [7, 11) is 3.95. The molecule has 0 saturated carbocycles. The van der Waals surface area contributed by atoms with E-state index in [-0.39, 0.29) is 6.10 Å². The van der Waals surface area contributed by atoms with Crippen molar-refractivity contribution < 1.29 is 4.74 Å². The molecule has 1 saturated heterocycles. The standard InChI is InChI=1S/C14H30N4O/c1-5-12(6-2)9-16-14(15-3)17-10-13-11-18(4)7-8-19-13/h12-13H,5-11H2,1-4H3,(H2,15,16,17). The monoisotopic (exact) mass is 270 g/mol. The van der Waals surface area contributed by atoms with Gasteiger partial charge in [0.25, 0.3) is 0 Å². The summed E-state index contributed by atoms with van der Waals surface area (Å²) < 4.78 is 5.72. The summed E-state index contributed by atoms with van der Waals surface area (Å²) in [4.78, 5) is 6.56. The second-order valence-corrected chi connectivity index (χ2v) is 5.27. The minimum atomic E-state index is 0.255. The first kappa shape index (κ1) is 16.2. The van der Waals surface area contributed by atoms with Crippen LogP contribution in [0.4, 0.5) is 0 Å². The lowest BCUT2D eigenvalue weighted by molar-refractivity contribution is -0.0161. The molecular weight excluding hydrogens is 240 g/mol. The van der Waals surface area contributed by atoms with E-state index in [0.29, 0.717) is 0 Å². The van der Waals surface area contributed by atoms with Crippen LogP contribution in [0.3, 0.4) is 0 Å². The number of aliphatic imine (C=N–C) groups is 1. The zero-order chi connectivity index (χ0) is 14.1. The van der Waals surface area contributed by atoms with Crippen molar-refractivity contribution in [3.8, 4) is 0 Å². The van der Waals surface area contributed by atoms with Crippen molar-refractivity contribution in [1.29, 1.82) is 0 Å². The fourth-order valence-electron chi connectivity index (χ4n) is 2.24. The van der Waals surface area contributed by atoms with Crippen LogP contribution < -0.4 is 10.6 Å². The van der Waals surface area contributed by atoms with Crippen molar-refractivity contribution in [2.75, 3.05) is 46.9 Å². The SMILES string of the molecule is CCC(CC)CNC(=NC)NCC1CN(C)CCO1. The molecule has 0 aromatic heterocycles. The van der Waals surface area contributed by atoms with Crippen LogP contribution in [0, 0.1) is 5.92 Å². The van der Waals surface area contributed by atoms with Crippen LogP contribution in [0.5, 0.6) is 0 Å². The Morgan fingerprint density at radius 2 is 2.11 bits per heavy atom. The first-order chi connectivity index (χ1) is 9.19. The molecule has 2 N–H and O–H groups in total. The first-order valence-corrected chi connectivity index (χ1v) is 7.44. The molecule has 1 aliphatic rings. The summed E-state index contributed by atoms with van der Waals surface area (Å²) in [6, 6.07) is 0. The zero-order valence-corrected chi connectivity index (χ0v) is 12.9. The maximum absolute atomic E-state index is 5.72. The largest absolute Gasteiger partial charge is 0.374 e. The second-order valence-electron chi connectivity index (χ2n) is 5.27. The lowest BCUT2D eigenvalue weighted by Gasteiger charge is -2.30. The lowest BCUT2D eigenvalue weighted by Crippen LogP contribution is -2.48. The van der Waals surface area contributed by atoms with E-state index in [9.17, 15) is 0 Å². The van der Waals surface area contributed by atoms with E-state index in [1.807, 2.05) is 7.05 Å². The molecule has 0 aromatic carbocycles. The van der Waals surface area contributed by atoms with Crippen molar-refractivity contribution >= 4 is 5.96 Å². The third-order valence-corrected chi connectivity index (χ3v) is 3.78. The highest BCUT2D eigenvalue weighted by Gasteiger charge is 2.17. The molecule has 1 fully saturated rings. The van der Waals surface area contributed by atoms with Crippen molar-refractivity contribution in [3.63, 3.8) is 0 Å². The molecule has 19 heavy (non-hydrogen) atoms. The molecule has 5 heteroatoms. The number of ether oxygens (including phenoxy) is 1. The highest BCUT2D eigenvalue weighted by atomic mass is 16.5. The van der Waals surface area contributed by atoms with Crippen LogP contribution >= 0.6 is 0 Å². The summed E-state index contributed by atoms with van der Waals surface area (Å²) in [5.41, 5.74) is 0. The first-order valence-electron chi connectivity index (χ1n) is 7.44. The van der Waals surface area contributed by atoms with Crippen molar-refractivity contribution in [2.24, 2.45) is 10.9 Å². The zero-order valence-electron chi connectivity index (χ0n) is 12.9. The van der Waals surface area contributed by atoms with Crippen LogP contribution in [0.2, 0.25) is 0 Å². The fraction of sp³-hybridized carbons (Fsp3) is 0.929. The van der Waals surface area contributed by atoms with Gasteiger partial charge in [-0.25, -0.2) is 0 Å². The Morgan fingerprint density at radius 1 is 1.37 bits per heavy atom. The van der Waals surface area contributed by atoms with Gasteiger partial charge in [0.05, 0.1) is 12.7 Å². The molecule has 0 aromatic rings. The molecule has 0 spiro atoms. The smallest absolute Gasteiger partial charge is 0.191 e. The van der Waals surface area contributed by atoms with Gasteiger partial charge >= 0.3 is 0 Å². The molecule has 0 aliphatic carbocycles. The fourth-order valence-corrected chi connectivity index (χ4v) is 2.24. The molecular formula is C14H30N4O. The summed E-state index contributed by atoms with van der Waals surface area (Å²) in [5.74, 6) is 1.60. The van der Waals surface area contributed by atoms with Gasteiger partial charge in [0.15, 0.2) is 5.96 Å². The molecule has 0 bridgehead atoms. The minimum absolute atomic E-state index is 0.255. The topological polar surface area (TPSA) is 48.9 Å². The predicted molar refractivity (Wildman–Crippen MR) is 80.7 cm³/mol. The highest BCUT2D eigenvalue weighted by molar-refractivity contribution is 5.79. The van der Waals surface area contributed by atoms with Crippen LogP contribution in [0.1, 0.15) is 26.7 Å². The Morgan fingerprint density at radius 3 is 2.68 bits per heavy atom. The minimum Gasteiger partial charge on any atom is -0.374 e. The summed E-state index contributed by atoms with van der Waals surface area (Å²) in [5, 5.41) is 6.74. The van der Waals surface area contributed by atoms with Gasteiger partial charge in [-0.2, -0.15) is 0 Å². The lowest BCUT2D eigenvalue weighted by atomic mass is 10.0. The van der Waals surface area contributed by atoms with E-state index < -0.39 is 0 Å². The number of likely N-dealkylation sites (N-methyl/N-ethyl adjacent to an activating group) is 1. The Bertz CT molecular complexity index is 266. The van der Waals surface area contributed by atoms with E-state index in [1.54, 1.807) is 0 Å². The van der Waals surface area contributed by atoms with Gasteiger partial charge in [0.2, 0.25) is 0 Å². The number of hydrogen-bond donors (Lipinski definition) is 2. The van der Waals surface area contributed by atoms with Gasteiger partial charge in [-0.05, 0) is 13.0 Å². The number of nitrogens with one attached hydrogen (secondary N) is 2. The molecule has 0 radical (unpaired) electrons. The summed E-state index contributed by atoms with van der Waals surface area (Å²) >= 11 is 0. The van der Waals surface area contributed by atoms with E-state index in [0.717, 1.165) is 44.7 Å². The highest BCUT2D eigenvalue weighted by Crippen LogP contribution is 2.05. The molecule has 1 atom stereocenters.